The van der Waals surface area contributed by atoms with Gasteiger partial charge in [-0.05, 0) is 38.1 Å². The molecule has 0 spiro atoms. The van der Waals surface area contributed by atoms with Crippen LogP contribution in [0.4, 0.5) is 10.5 Å². The topological polar surface area (TPSA) is 94.9 Å². The highest BCUT2D eigenvalue weighted by Gasteiger charge is 2.21. The molecule has 0 aliphatic carbocycles. The van der Waals surface area contributed by atoms with Gasteiger partial charge in [0.05, 0.1) is 13.2 Å². The molecule has 8 heteroatoms. The van der Waals surface area contributed by atoms with Crippen LogP contribution in [0.5, 0.6) is 5.75 Å². The van der Waals surface area contributed by atoms with Gasteiger partial charge >= 0.3 is 6.09 Å². The van der Waals surface area contributed by atoms with Gasteiger partial charge in [-0.15, -0.1) is 0 Å². The normalized spacial score (nSPS) is 14.3. The Morgan fingerprint density at radius 1 is 1.15 bits per heavy atom. The Morgan fingerprint density at radius 3 is 2.37 bits per heavy atom. The highest BCUT2D eigenvalue weighted by molar-refractivity contribution is 6.06. The van der Waals surface area contributed by atoms with E-state index >= 15 is 0 Å². The molecule has 8 nitrogen and oxygen atoms in total. The Hall–Kier alpha value is -3.21. The molecule has 0 atom stereocenters. The zero-order valence-corrected chi connectivity index (χ0v) is 15.6. The van der Waals surface area contributed by atoms with Crippen molar-refractivity contribution in [3.05, 3.63) is 36.0 Å². The summed E-state index contributed by atoms with van der Waals surface area (Å²) in [7, 11) is 0. The second-order valence-electron chi connectivity index (χ2n) is 5.79. The van der Waals surface area contributed by atoms with E-state index in [0.717, 1.165) is 0 Å². The number of piperazine rings is 1. The first-order valence-corrected chi connectivity index (χ1v) is 8.89. The molecule has 1 aliphatic heterocycles. The maximum atomic E-state index is 12.3. The van der Waals surface area contributed by atoms with Crippen molar-refractivity contribution in [2.75, 3.05) is 44.7 Å². The lowest BCUT2D eigenvalue weighted by molar-refractivity contribution is -0.112. The number of anilines is 1. The van der Waals surface area contributed by atoms with E-state index in [-0.39, 0.29) is 11.7 Å². The van der Waals surface area contributed by atoms with Gasteiger partial charge in [0.15, 0.2) is 0 Å². The summed E-state index contributed by atoms with van der Waals surface area (Å²) in [5, 5.41) is 12.0. The lowest BCUT2D eigenvalue weighted by atomic mass is 10.2. The summed E-state index contributed by atoms with van der Waals surface area (Å²) in [6.45, 7) is 6.58. The summed E-state index contributed by atoms with van der Waals surface area (Å²) in [6.07, 6.45) is 1.20. The van der Waals surface area contributed by atoms with Gasteiger partial charge in [-0.2, -0.15) is 5.26 Å². The maximum Gasteiger partial charge on any atom is 0.409 e. The summed E-state index contributed by atoms with van der Waals surface area (Å²) in [4.78, 5) is 27.5. The first kappa shape index (κ1) is 20.1. The van der Waals surface area contributed by atoms with Gasteiger partial charge < -0.3 is 24.6 Å². The van der Waals surface area contributed by atoms with Crippen molar-refractivity contribution in [1.82, 2.24) is 9.80 Å². The van der Waals surface area contributed by atoms with Crippen LogP contribution in [-0.2, 0) is 9.53 Å². The van der Waals surface area contributed by atoms with Crippen LogP contribution >= 0.6 is 0 Å². The number of carbonyl (C=O) groups is 2. The molecule has 2 amide bonds. The maximum absolute atomic E-state index is 12.3. The fourth-order valence-electron chi connectivity index (χ4n) is 2.57. The molecule has 0 bridgehead atoms. The van der Waals surface area contributed by atoms with Crippen LogP contribution in [0.1, 0.15) is 13.8 Å². The lowest BCUT2D eigenvalue weighted by Gasteiger charge is -2.33. The van der Waals surface area contributed by atoms with Crippen LogP contribution in [-0.4, -0.2) is 61.2 Å². The lowest BCUT2D eigenvalue weighted by Crippen LogP contribution is -2.47. The van der Waals surface area contributed by atoms with Crippen molar-refractivity contribution in [3.63, 3.8) is 0 Å². The third-order valence-corrected chi connectivity index (χ3v) is 3.94. The quantitative estimate of drug-likeness (QED) is 0.608. The van der Waals surface area contributed by atoms with Crippen LogP contribution in [0.3, 0.4) is 0 Å². The Bertz CT molecular complexity index is 716. The number of carbonyl (C=O) groups excluding carboxylic acids is 2. The van der Waals surface area contributed by atoms with Crippen molar-refractivity contribution in [1.29, 1.82) is 5.26 Å². The standard InChI is InChI=1S/C19H24N4O4/c1-3-26-17-7-5-16(6-8-17)21-18(24)15(13-20)14-22-9-11-23(12-10-22)19(25)27-4-2/h5-8,14H,3-4,9-12H2,1-2H3,(H,21,24)/b15-14-. The smallest absolute Gasteiger partial charge is 0.409 e. The molecule has 1 heterocycles. The zero-order valence-electron chi connectivity index (χ0n) is 15.6. The number of nitriles is 1. The third kappa shape index (κ3) is 5.92. The summed E-state index contributed by atoms with van der Waals surface area (Å²) < 4.78 is 10.3. The average molecular weight is 372 g/mol. The number of hydrogen-bond acceptors (Lipinski definition) is 6. The van der Waals surface area contributed by atoms with Gasteiger partial charge in [0.2, 0.25) is 0 Å². The van der Waals surface area contributed by atoms with E-state index in [1.165, 1.54) is 6.20 Å². The number of ether oxygens (including phenoxy) is 2. The number of nitrogens with one attached hydrogen (secondary N) is 1. The second-order valence-corrected chi connectivity index (χ2v) is 5.79. The van der Waals surface area contributed by atoms with E-state index in [2.05, 4.69) is 5.32 Å². The number of hydrogen-bond donors (Lipinski definition) is 1. The van der Waals surface area contributed by atoms with Gasteiger partial charge in [0.25, 0.3) is 5.91 Å². The van der Waals surface area contributed by atoms with Gasteiger partial charge in [-0.3, -0.25) is 4.79 Å². The number of nitrogens with zero attached hydrogens (tertiary/aromatic N) is 3. The molecule has 2 rings (SSSR count). The van der Waals surface area contributed by atoms with Gasteiger partial charge in [0, 0.05) is 38.1 Å². The molecule has 27 heavy (non-hydrogen) atoms. The van der Waals surface area contributed by atoms with Crippen LogP contribution in [0.15, 0.2) is 36.0 Å². The highest BCUT2D eigenvalue weighted by Crippen LogP contribution is 2.16. The minimum absolute atomic E-state index is 0.00784. The van der Waals surface area contributed by atoms with Gasteiger partial charge in [-0.1, -0.05) is 0 Å². The Morgan fingerprint density at radius 2 is 1.81 bits per heavy atom. The Balaban J connectivity index is 1.92. The van der Waals surface area contributed by atoms with E-state index in [1.54, 1.807) is 36.1 Å². The van der Waals surface area contributed by atoms with Crippen molar-refractivity contribution in [2.24, 2.45) is 0 Å². The van der Waals surface area contributed by atoms with E-state index in [1.807, 2.05) is 17.9 Å². The molecule has 1 fully saturated rings. The van der Waals surface area contributed by atoms with Crippen molar-refractivity contribution in [3.8, 4) is 11.8 Å². The first-order chi connectivity index (χ1) is 13.1. The molecule has 0 saturated carbocycles. The van der Waals surface area contributed by atoms with Crippen molar-refractivity contribution < 1.29 is 19.1 Å². The van der Waals surface area contributed by atoms with Crippen molar-refractivity contribution in [2.45, 2.75) is 13.8 Å². The SMILES string of the molecule is CCOC(=O)N1CCN(/C=C(/C#N)C(=O)Nc2ccc(OCC)cc2)CC1. The molecule has 0 radical (unpaired) electrons. The average Bonchev–Trinajstić information content (AvgIpc) is 2.68. The first-order valence-electron chi connectivity index (χ1n) is 8.89. The summed E-state index contributed by atoms with van der Waals surface area (Å²) in [6, 6.07) is 8.88. The molecule has 1 saturated heterocycles. The zero-order chi connectivity index (χ0) is 19.6. The predicted molar refractivity (Wildman–Crippen MR) is 100 cm³/mol. The molecule has 1 aliphatic rings. The van der Waals surface area contributed by atoms with Crippen LogP contribution in [0, 0.1) is 11.3 Å². The number of amides is 2. The van der Waals surface area contributed by atoms with E-state index in [0.29, 0.717) is 50.8 Å². The second kappa shape index (κ2) is 10.1. The molecular formula is C19H24N4O4. The Labute approximate surface area is 158 Å². The molecule has 1 aromatic rings. The Kier molecular flexibility index (Phi) is 7.49. The van der Waals surface area contributed by atoms with Crippen LogP contribution in [0.2, 0.25) is 0 Å². The summed E-state index contributed by atoms with van der Waals surface area (Å²) in [5.74, 6) is 0.237. The van der Waals surface area contributed by atoms with Crippen LogP contribution < -0.4 is 10.1 Å². The third-order valence-electron chi connectivity index (χ3n) is 3.94. The largest absolute Gasteiger partial charge is 0.494 e. The monoisotopic (exact) mass is 372 g/mol. The fourth-order valence-corrected chi connectivity index (χ4v) is 2.57. The molecule has 144 valence electrons. The van der Waals surface area contributed by atoms with E-state index < -0.39 is 5.91 Å². The molecular weight excluding hydrogens is 348 g/mol. The molecule has 1 aromatic carbocycles. The summed E-state index contributed by atoms with van der Waals surface area (Å²) >= 11 is 0. The molecule has 1 N–H and O–H groups in total. The van der Waals surface area contributed by atoms with Gasteiger partial charge in [0.1, 0.15) is 17.4 Å². The molecule has 0 aromatic heterocycles. The van der Waals surface area contributed by atoms with E-state index in [9.17, 15) is 14.9 Å². The predicted octanol–water partition coefficient (Wildman–Crippen LogP) is 2.21. The van der Waals surface area contributed by atoms with Gasteiger partial charge in [-0.25, -0.2) is 4.79 Å². The minimum Gasteiger partial charge on any atom is -0.494 e. The van der Waals surface area contributed by atoms with Crippen molar-refractivity contribution >= 4 is 17.7 Å². The number of rotatable bonds is 6. The number of benzene rings is 1. The minimum atomic E-state index is -0.477. The molecule has 0 unspecified atom stereocenters. The fraction of sp³-hybridized carbons (Fsp3) is 0.421. The van der Waals surface area contributed by atoms with Crippen LogP contribution in [0.25, 0.3) is 0 Å². The van der Waals surface area contributed by atoms with E-state index in [4.69, 9.17) is 9.47 Å². The highest BCUT2D eigenvalue weighted by atomic mass is 16.6. The summed E-state index contributed by atoms with van der Waals surface area (Å²) in [5.41, 5.74) is 0.588.